The van der Waals surface area contributed by atoms with Gasteiger partial charge in [0.15, 0.2) is 0 Å². The lowest BCUT2D eigenvalue weighted by molar-refractivity contribution is -0.137. The SMILES string of the molecule is CCOc1ccc2cc([C@H]3CC(c4ccc(Br)cc4)=NN3C(=O)CCCC(=O)O)c(Cl)nc2c1. The van der Waals surface area contributed by atoms with Gasteiger partial charge in [0.1, 0.15) is 10.9 Å². The molecule has 9 heteroatoms. The van der Waals surface area contributed by atoms with Gasteiger partial charge in [0.2, 0.25) is 5.91 Å². The van der Waals surface area contributed by atoms with Crippen LogP contribution >= 0.6 is 27.5 Å². The van der Waals surface area contributed by atoms with Crippen LogP contribution in [0.1, 0.15) is 49.8 Å². The number of carboxylic acid groups (broad SMARTS) is 1. The molecule has 1 aromatic heterocycles. The third-order valence-corrected chi connectivity index (χ3v) is 6.40. The number of hydrazone groups is 1. The minimum Gasteiger partial charge on any atom is -0.494 e. The predicted octanol–water partition coefficient (Wildman–Crippen LogP) is 5.98. The van der Waals surface area contributed by atoms with Gasteiger partial charge in [0.25, 0.3) is 0 Å². The fourth-order valence-corrected chi connectivity index (χ4v) is 4.47. The molecule has 1 aliphatic rings. The monoisotopic (exact) mass is 543 g/mol. The summed E-state index contributed by atoms with van der Waals surface area (Å²) in [4.78, 5) is 28.5. The minimum atomic E-state index is -0.932. The first kappa shape index (κ1) is 24.2. The van der Waals surface area contributed by atoms with Crippen LogP contribution in [0.3, 0.4) is 0 Å². The Morgan fingerprint density at radius 3 is 2.65 bits per heavy atom. The van der Waals surface area contributed by atoms with Gasteiger partial charge in [-0.15, -0.1) is 0 Å². The van der Waals surface area contributed by atoms with Crippen LogP contribution in [-0.4, -0.2) is 39.3 Å². The smallest absolute Gasteiger partial charge is 0.303 e. The highest BCUT2D eigenvalue weighted by molar-refractivity contribution is 9.10. The lowest BCUT2D eigenvalue weighted by Gasteiger charge is -2.23. The summed E-state index contributed by atoms with van der Waals surface area (Å²) >= 11 is 10.1. The van der Waals surface area contributed by atoms with E-state index in [-0.39, 0.29) is 25.2 Å². The molecule has 2 aromatic carbocycles. The first-order chi connectivity index (χ1) is 16.4. The summed E-state index contributed by atoms with van der Waals surface area (Å²) in [5.41, 5.74) is 3.05. The van der Waals surface area contributed by atoms with Gasteiger partial charge in [0, 0.05) is 40.8 Å². The number of rotatable bonds is 8. The van der Waals surface area contributed by atoms with Crippen LogP contribution in [0.15, 0.2) is 58.1 Å². The number of aliphatic carboxylic acids is 1. The second-order valence-electron chi connectivity index (χ2n) is 7.92. The number of aromatic nitrogens is 1. The molecule has 3 aromatic rings. The molecule has 0 saturated heterocycles. The van der Waals surface area contributed by atoms with Crippen molar-refractivity contribution in [2.75, 3.05) is 6.61 Å². The third kappa shape index (κ3) is 5.39. The molecule has 0 radical (unpaired) electrons. The number of hydrogen-bond acceptors (Lipinski definition) is 5. The minimum absolute atomic E-state index is 0.0754. The fourth-order valence-electron chi connectivity index (χ4n) is 3.93. The number of pyridine rings is 1. The van der Waals surface area contributed by atoms with Crippen molar-refractivity contribution in [1.82, 2.24) is 9.99 Å². The van der Waals surface area contributed by atoms with Crippen molar-refractivity contribution < 1.29 is 19.4 Å². The highest BCUT2D eigenvalue weighted by Crippen LogP contribution is 2.38. The first-order valence-electron chi connectivity index (χ1n) is 11.0. The molecule has 34 heavy (non-hydrogen) atoms. The molecule has 0 saturated carbocycles. The van der Waals surface area contributed by atoms with Crippen LogP contribution in [0.4, 0.5) is 0 Å². The molecule has 7 nitrogen and oxygen atoms in total. The van der Waals surface area contributed by atoms with Gasteiger partial charge >= 0.3 is 5.97 Å². The van der Waals surface area contributed by atoms with Crippen molar-refractivity contribution >= 4 is 56.0 Å². The molecule has 1 atom stereocenters. The average Bonchev–Trinajstić information content (AvgIpc) is 3.24. The summed E-state index contributed by atoms with van der Waals surface area (Å²) in [5, 5.41) is 16.2. The molecule has 0 bridgehead atoms. The van der Waals surface area contributed by atoms with Crippen LogP contribution in [0.2, 0.25) is 5.15 Å². The van der Waals surface area contributed by atoms with E-state index < -0.39 is 12.0 Å². The van der Waals surface area contributed by atoms with Crippen molar-refractivity contribution in [3.05, 3.63) is 69.3 Å². The highest BCUT2D eigenvalue weighted by atomic mass is 79.9. The number of carbonyl (C=O) groups excluding carboxylic acids is 1. The summed E-state index contributed by atoms with van der Waals surface area (Å²) < 4.78 is 6.50. The molecule has 2 heterocycles. The van der Waals surface area contributed by atoms with Gasteiger partial charge in [-0.2, -0.15) is 5.10 Å². The second kappa shape index (κ2) is 10.5. The van der Waals surface area contributed by atoms with Gasteiger partial charge in [-0.05, 0) is 49.2 Å². The molecular weight excluding hydrogens is 522 g/mol. The fraction of sp³-hybridized carbons (Fsp3) is 0.280. The number of hydrogen-bond donors (Lipinski definition) is 1. The van der Waals surface area contributed by atoms with E-state index in [1.807, 2.05) is 55.5 Å². The first-order valence-corrected chi connectivity index (χ1v) is 12.1. The van der Waals surface area contributed by atoms with E-state index in [2.05, 4.69) is 26.0 Å². The number of fused-ring (bicyclic) bond motifs is 1. The summed E-state index contributed by atoms with van der Waals surface area (Å²) in [6.45, 7) is 2.47. The number of amides is 1. The summed E-state index contributed by atoms with van der Waals surface area (Å²) in [6.07, 6.45) is 0.713. The van der Waals surface area contributed by atoms with Crippen molar-refractivity contribution in [1.29, 1.82) is 0 Å². The quantitative estimate of drug-likeness (QED) is 0.352. The normalized spacial score (nSPS) is 15.4. The maximum absolute atomic E-state index is 13.1. The lowest BCUT2D eigenvalue weighted by Crippen LogP contribution is -2.27. The van der Waals surface area contributed by atoms with Crippen LogP contribution < -0.4 is 4.74 Å². The number of nitrogens with zero attached hydrogens (tertiary/aromatic N) is 3. The maximum atomic E-state index is 13.1. The Hall–Kier alpha value is -2.97. The zero-order valence-electron chi connectivity index (χ0n) is 18.5. The summed E-state index contributed by atoms with van der Waals surface area (Å²) in [5.74, 6) is -0.470. The van der Waals surface area contributed by atoms with E-state index in [9.17, 15) is 9.59 Å². The standard InChI is InChI=1S/C25H23BrClN3O4/c1-2-34-18-11-8-16-12-19(25(27)28-20(16)13-18)22-14-21(15-6-9-17(26)10-7-15)29-30(22)23(31)4-3-5-24(32)33/h6-13,22H,2-5,14H2,1H3,(H,32,33)/t22-/m1/s1. The van der Waals surface area contributed by atoms with E-state index in [4.69, 9.17) is 21.4 Å². The lowest BCUT2D eigenvalue weighted by atomic mass is 9.98. The van der Waals surface area contributed by atoms with E-state index in [0.29, 0.717) is 35.0 Å². The zero-order chi connectivity index (χ0) is 24.2. The van der Waals surface area contributed by atoms with E-state index in [1.54, 1.807) is 0 Å². The van der Waals surface area contributed by atoms with Gasteiger partial charge in [-0.3, -0.25) is 9.59 Å². The van der Waals surface area contributed by atoms with E-state index in [1.165, 1.54) is 5.01 Å². The molecular formula is C25H23BrClN3O4. The highest BCUT2D eigenvalue weighted by Gasteiger charge is 2.34. The van der Waals surface area contributed by atoms with Crippen molar-refractivity contribution in [3.63, 3.8) is 0 Å². The second-order valence-corrected chi connectivity index (χ2v) is 9.19. The summed E-state index contributed by atoms with van der Waals surface area (Å²) in [7, 11) is 0. The Balaban J connectivity index is 1.68. The Bertz CT molecular complexity index is 1260. The van der Waals surface area contributed by atoms with Crippen LogP contribution in [0.5, 0.6) is 5.75 Å². The van der Waals surface area contributed by atoms with Crippen LogP contribution in [0.25, 0.3) is 10.9 Å². The molecule has 1 amide bonds. The third-order valence-electron chi connectivity index (χ3n) is 5.56. The predicted molar refractivity (Wildman–Crippen MR) is 134 cm³/mol. The van der Waals surface area contributed by atoms with Crippen LogP contribution in [-0.2, 0) is 9.59 Å². The average molecular weight is 545 g/mol. The molecule has 176 valence electrons. The Labute approximate surface area is 210 Å². The molecule has 1 N–H and O–H groups in total. The largest absolute Gasteiger partial charge is 0.494 e. The molecule has 4 rings (SSSR count). The Kier molecular flexibility index (Phi) is 7.48. The number of ether oxygens (including phenoxy) is 1. The number of carbonyl (C=O) groups is 2. The van der Waals surface area contributed by atoms with Gasteiger partial charge in [-0.25, -0.2) is 9.99 Å². The van der Waals surface area contributed by atoms with Gasteiger partial charge < -0.3 is 9.84 Å². The number of carboxylic acids is 1. The molecule has 0 fully saturated rings. The molecule has 1 aliphatic heterocycles. The topological polar surface area (TPSA) is 92.1 Å². The number of benzene rings is 2. The van der Waals surface area contributed by atoms with Crippen molar-refractivity contribution in [2.45, 2.75) is 38.6 Å². The molecule has 0 spiro atoms. The molecule has 0 aliphatic carbocycles. The zero-order valence-corrected chi connectivity index (χ0v) is 20.8. The van der Waals surface area contributed by atoms with Crippen LogP contribution in [0, 0.1) is 0 Å². The molecule has 0 unspecified atom stereocenters. The van der Waals surface area contributed by atoms with Gasteiger partial charge in [0.05, 0.1) is 23.9 Å². The summed E-state index contributed by atoms with van der Waals surface area (Å²) in [6, 6.07) is 14.8. The van der Waals surface area contributed by atoms with Crippen molar-refractivity contribution in [3.8, 4) is 5.75 Å². The number of halogens is 2. The van der Waals surface area contributed by atoms with Crippen molar-refractivity contribution in [2.24, 2.45) is 5.10 Å². The maximum Gasteiger partial charge on any atom is 0.303 e. The van der Waals surface area contributed by atoms with E-state index in [0.717, 1.165) is 21.1 Å². The Morgan fingerprint density at radius 2 is 1.94 bits per heavy atom. The van der Waals surface area contributed by atoms with Gasteiger partial charge in [-0.1, -0.05) is 39.7 Å². The Morgan fingerprint density at radius 1 is 1.18 bits per heavy atom. The van der Waals surface area contributed by atoms with E-state index >= 15 is 0 Å².